The standard InChI is InChI=1S/C7H12N2O/c1-6-4-5-7(8-10-6)9(2)3/h4H,5H2,1-3H3. The van der Waals surface area contributed by atoms with Crippen LogP contribution in [0.1, 0.15) is 13.3 Å². The van der Waals surface area contributed by atoms with Crippen molar-refractivity contribution < 1.29 is 4.84 Å². The molecule has 0 aliphatic carbocycles. The summed E-state index contributed by atoms with van der Waals surface area (Å²) in [6, 6.07) is 0. The topological polar surface area (TPSA) is 24.8 Å². The second-order valence-electron chi connectivity index (χ2n) is 2.51. The minimum Gasteiger partial charge on any atom is -0.363 e. The largest absolute Gasteiger partial charge is 0.363 e. The molecule has 1 aliphatic rings. The lowest BCUT2D eigenvalue weighted by molar-refractivity contribution is 0.216. The van der Waals surface area contributed by atoms with Gasteiger partial charge in [0.15, 0.2) is 0 Å². The van der Waals surface area contributed by atoms with Crippen LogP contribution in [0, 0.1) is 0 Å². The minimum absolute atomic E-state index is 0.874. The molecule has 0 saturated carbocycles. The Morgan fingerprint density at radius 3 is 2.70 bits per heavy atom. The first-order valence-corrected chi connectivity index (χ1v) is 3.28. The van der Waals surface area contributed by atoms with E-state index in [-0.39, 0.29) is 0 Å². The second kappa shape index (κ2) is 2.73. The maximum absolute atomic E-state index is 4.96. The van der Waals surface area contributed by atoms with E-state index >= 15 is 0 Å². The van der Waals surface area contributed by atoms with Crippen molar-refractivity contribution in [1.29, 1.82) is 0 Å². The molecule has 1 rings (SSSR count). The first kappa shape index (κ1) is 7.12. The van der Waals surface area contributed by atoms with Crippen molar-refractivity contribution in [1.82, 2.24) is 4.90 Å². The molecule has 0 fully saturated rings. The first-order valence-electron chi connectivity index (χ1n) is 3.28. The van der Waals surface area contributed by atoms with Crippen molar-refractivity contribution in [3.05, 3.63) is 11.8 Å². The predicted molar refractivity (Wildman–Crippen MR) is 40.6 cm³/mol. The van der Waals surface area contributed by atoms with Gasteiger partial charge < -0.3 is 9.74 Å². The molecule has 0 aromatic carbocycles. The zero-order chi connectivity index (χ0) is 7.56. The van der Waals surface area contributed by atoms with Gasteiger partial charge in [-0.3, -0.25) is 0 Å². The number of allylic oxidation sites excluding steroid dienone is 1. The highest BCUT2D eigenvalue weighted by molar-refractivity contribution is 5.83. The van der Waals surface area contributed by atoms with Gasteiger partial charge in [-0.25, -0.2) is 0 Å². The number of hydrogen-bond donors (Lipinski definition) is 0. The third-order valence-electron chi connectivity index (χ3n) is 1.38. The SMILES string of the molecule is CC1=CCC(N(C)C)=NO1. The molecule has 1 aliphatic heterocycles. The van der Waals surface area contributed by atoms with E-state index in [1.165, 1.54) is 0 Å². The third-order valence-corrected chi connectivity index (χ3v) is 1.38. The van der Waals surface area contributed by atoms with E-state index in [1.54, 1.807) is 0 Å². The van der Waals surface area contributed by atoms with Gasteiger partial charge in [0, 0.05) is 20.5 Å². The Labute approximate surface area is 61.0 Å². The summed E-state index contributed by atoms with van der Waals surface area (Å²) >= 11 is 0. The number of nitrogens with zero attached hydrogens (tertiary/aromatic N) is 2. The fourth-order valence-corrected chi connectivity index (χ4v) is 0.698. The molecule has 1 heterocycles. The van der Waals surface area contributed by atoms with Crippen LogP contribution in [0.15, 0.2) is 17.0 Å². The molecule has 0 radical (unpaired) electrons. The molecular formula is C7H12N2O. The van der Waals surface area contributed by atoms with Crippen LogP contribution >= 0.6 is 0 Å². The average molecular weight is 140 g/mol. The number of hydrogen-bond acceptors (Lipinski definition) is 3. The van der Waals surface area contributed by atoms with E-state index in [0.717, 1.165) is 18.0 Å². The first-order chi connectivity index (χ1) is 4.70. The summed E-state index contributed by atoms with van der Waals surface area (Å²) in [7, 11) is 3.91. The van der Waals surface area contributed by atoms with Crippen molar-refractivity contribution >= 4 is 5.84 Å². The monoisotopic (exact) mass is 140 g/mol. The van der Waals surface area contributed by atoms with Crippen LogP contribution in [-0.2, 0) is 4.84 Å². The van der Waals surface area contributed by atoms with Gasteiger partial charge in [0.2, 0.25) is 0 Å². The average Bonchev–Trinajstić information content (AvgIpc) is 1.88. The lowest BCUT2D eigenvalue weighted by Crippen LogP contribution is -2.23. The van der Waals surface area contributed by atoms with Crippen molar-refractivity contribution in [2.24, 2.45) is 5.16 Å². The molecule has 0 aromatic heterocycles. The summed E-state index contributed by atoms with van der Waals surface area (Å²) in [5.74, 6) is 1.84. The zero-order valence-electron chi connectivity index (χ0n) is 6.59. The fraction of sp³-hybridized carbons (Fsp3) is 0.571. The summed E-state index contributed by atoms with van der Waals surface area (Å²) in [6.45, 7) is 1.90. The van der Waals surface area contributed by atoms with Gasteiger partial charge in [0.05, 0.1) is 0 Å². The second-order valence-corrected chi connectivity index (χ2v) is 2.51. The lowest BCUT2D eigenvalue weighted by Gasteiger charge is -2.16. The Hall–Kier alpha value is -0.990. The maximum Gasteiger partial charge on any atom is 0.148 e. The summed E-state index contributed by atoms with van der Waals surface area (Å²) in [5.41, 5.74) is 0. The van der Waals surface area contributed by atoms with Crippen LogP contribution in [0.5, 0.6) is 0 Å². The van der Waals surface area contributed by atoms with Crippen LogP contribution in [0.4, 0.5) is 0 Å². The molecule has 10 heavy (non-hydrogen) atoms. The fourth-order valence-electron chi connectivity index (χ4n) is 0.698. The van der Waals surface area contributed by atoms with E-state index in [4.69, 9.17) is 4.84 Å². The smallest absolute Gasteiger partial charge is 0.148 e. The Balaban J connectivity index is 2.54. The van der Waals surface area contributed by atoms with Crippen LogP contribution in [-0.4, -0.2) is 24.8 Å². The lowest BCUT2D eigenvalue weighted by atomic mass is 10.3. The van der Waals surface area contributed by atoms with E-state index in [2.05, 4.69) is 5.16 Å². The molecule has 0 bridgehead atoms. The molecule has 0 atom stereocenters. The summed E-state index contributed by atoms with van der Waals surface area (Å²) in [5, 5.41) is 3.88. The normalized spacial score (nSPS) is 17.1. The summed E-state index contributed by atoms with van der Waals surface area (Å²) in [4.78, 5) is 6.91. The van der Waals surface area contributed by atoms with Crippen molar-refractivity contribution in [2.45, 2.75) is 13.3 Å². The molecule has 3 heteroatoms. The quantitative estimate of drug-likeness (QED) is 0.505. The number of rotatable bonds is 0. The van der Waals surface area contributed by atoms with Crippen molar-refractivity contribution in [3.8, 4) is 0 Å². The van der Waals surface area contributed by atoms with Gasteiger partial charge in [-0.2, -0.15) is 0 Å². The van der Waals surface area contributed by atoms with E-state index in [0.29, 0.717) is 0 Å². The zero-order valence-corrected chi connectivity index (χ0v) is 6.59. The molecule has 3 nitrogen and oxygen atoms in total. The Bertz CT molecular complexity index is 182. The van der Waals surface area contributed by atoms with Gasteiger partial charge in [0.25, 0.3) is 0 Å². The molecule has 0 unspecified atom stereocenters. The van der Waals surface area contributed by atoms with Gasteiger partial charge in [-0.05, 0) is 13.0 Å². The van der Waals surface area contributed by atoms with Crippen LogP contribution in [0.25, 0.3) is 0 Å². The Morgan fingerprint density at radius 1 is 1.60 bits per heavy atom. The summed E-state index contributed by atoms with van der Waals surface area (Å²) < 4.78 is 0. The molecule has 0 amide bonds. The highest BCUT2D eigenvalue weighted by Crippen LogP contribution is 2.07. The molecule has 0 saturated heterocycles. The summed E-state index contributed by atoms with van der Waals surface area (Å²) in [6.07, 6.45) is 2.89. The maximum atomic E-state index is 4.96. The van der Waals surface area contributed by atoms with E-state index < -0.39 is 0 Å². The molecule has 0 aromatic rings. The van der Waals surface area contributed by atoms with E-state index in [1.807, 2.05) is 32.0 Å². The van der Waals surface area contributed by atoms with Crippen LogP contribution < -0.4 is 0 Å². The molecule has 0 N–H and O–H groups in total. The Morgan fingerprint density at radius 2 is 2.30 bits per heavy atom. The Kier molecular flexibility index (Phi) is 1.94. The third kappa shape index (κ3) is 1.50. The predicted octanol–water partition coefficient (Wildman–Crippen LogP) is 1.19. The minimum atomic E-state index is 0.874. The van der Waals surface area contributed by atoms with Crippen LogP contribution in [0.2, 0.25) is 0 Å². The van der Waals surface area contributed by atoms with Crippen molar-refractivity contribution in [3.63, 3.8) is 0 Å². The number of amidine groups is 1. The van der Waals surface area contributed by atoms with E-state index in [9.17, 15) is 0 Å². The van der Waals surface area contributed by atoms with Gasteiger partial charge in [-0.15, -0.1) is 0 Å². The van der Waals surface area contributed by atoms with Gasteiger partial charge >= 0.3 is 0 Å². The highest BCUT2D eigenvalue weighted by atomic mass is 16.6. The number of oxime groups is 1. The van der Waals surface area contributed by atoms with Gasteiger partial charge in [0.1, 0.15) is 11.6 Å². The van der Waals surface area contributed by atoms with Gasteiger partial charge in [-0.1, -0.05) is 5.16 Å². The highest BCUT2D eigenvalue weighted by Gasteiger charge is 2.05. The van der Waals surface area contributed by atoms with Crippen molar-refractivity contribution in [2.75, 3.05) is 14.1 Å². The van der Waals surface area contributed by atoms with Crippen LogP contribution in [0.3, 0.4) is 0 Å². The molecular weight excluding hydrogens is 128 g/mol. The molecule has 0 spiro atoms. The molecule has 56 valence electrons.